The molecule has 3 N–H and O–H groups in total. The standard InChI is InChI=1S/C28H33NO6/c1-15-5-7-20(22-23-24(27(31)32)26(23)35-25(15)22)16(2)34-14-19(30)13-29-28(3,4)12-17-6-8-21-18(11-17)9-10-33-21/h5-11,16,19,23-24,26,29-30H,12-14H2,1-4H3,(H,31,32)/t16-,19-,23+,24+,26+/m1/s1. The lowest BCUT2D eigenvalue weighted by molar-refractivity contribution is -0.139. The summed E-state index contributed by atoms with van der Waals surface area (Å²) in [6.07, 6.45) is 1.26. The van der Waals surface area contributed by atoms with E-state index < -0.39 is 18.0 Å². The van der Waals surface area contributed by atoms with Crippen LogP contribution in [0.3, 0.4) is 0 Å². The summed E-state index contributed by atoms with van der Waals surface area (Å²) in [6, 6.07) is 12.1. The second kappa shape index (κ2) is 8.97. The minimum atomic E-state index is -0.819. The number of carboxylic acid groups (broad SMARTS) is 1. The van der Waals surface area contributed by atoms with Crippen molar-refractivity contribution in [3.63, 3.8) is 0 Å². The van der Waals surface area contributed by atoms with E-state index in [1.54, 1.807) is 6.26 Å². The fraction of sp³-hybridized carbons (Fsp3) is 0.464. The summed E-state index contributed by atoms with van der Waals surface area (Å²) in [4.78, 5) is 11.5. The number of β-amino-alcohol motifs (C(OH)–C–C–N with tert-alkyl or cyclic N) is 1. The van der Waals surface area contributed by atoms with Gasteiger partial charge in [0.25, 0.3) is 0 Å². The van der Waals surface area contributed by atoms with E-state index in [2.05, 4.69) is 31.3 Å². The molecule has 5 atom stereocenters. The maximum Gasteiger partial charge on any atom is 0.311 e. The highest BCUT2D eigenvalue weighted by atomic mass is 16.5. The SMILES string of the molecule is Cc1ccc([C@@H](C)OC[C@H](O)CNC(C)(C)Cc2ccc3occc3c2)c2c1O[C@@H]1[C@@H](C(=O)O)[C@H]21. The Kier molecular flexibility index (Phi) is 6.11. The summed E-state index contributed by atoms with van der Waals surface area (Å²) in [6.45, 7) is 8.71. The zero-order valence-electron chi connectivity index (χ0n) is 20.6. The van der Waals surface area contributed by atoms with Gasteiger partial charge in [-0.2, -0.15) is 0 Å². The highest BCUT2D eigenvalue weighted by Gasteiger charge is 2.64. The van der Waals surface area contributed by atoms with E-state index in [4.69, 9.17) is 13.9 Å². The molecule has 7 nitrogen and oxygen atoms in total. The van der Waals surface area contributed by atoms with Gasteiger partial charge in [0.05, 0.1) is 25.1 Å². The number of nitrogens with one attached hydrogen (secondary N) is 1. The van der Waals surface area contributed by atoms with Crippen molar-refractivity contribution in [2.75, 3.05) is 13.2 Å². The molecule has 1 aliphatic carbocycles. The second-order valence-corrected chi connectivity index (χ2v) is 10.6. The first-order valence-corrected chi connectivity index (χ1v) is 12.2. The molecule has 2 heterocycles. The van der Waals surface area contributed by atoms with Crippen molar-refractivity contribution < 1.29 is 28.9 Å². The lowest BCUT2D eigenvalue weighted by atomic mass is 9.94. The van der Waals surface area contributed by atoms with Gasteiger partial charge in [-0.3, -0.25) is 4.79 Å². The Labute approximate surface area is 205 Å². The van der Waals surface area contributed by atoms with Crippen LogP contribution < -0.4 is 10.1 Å². The second-order valence-electron chi connectivity index (χ2n) is 10.6. The molecule has 0 spiro atoms. The largest absolute Gasteiger partial charge is 0.488 e. The van der Waals surface area contributed by atoms with Crippen LogP contribution in [0.1, 0.15) is 55.0 Å². The zero-order valence-corrected chi connectivity index (χ0v) is 20.6. The Balaban J connectivity index is 1.16. The van der Waals surface area contributed by atoms with E-state index in [9.17, 15) is 15.0 Å². The molecule has 1 aromatic heterocycles. The van der Waals surface area contributed by atoms with Crippen molar-refractivity contribution in [2.45, 2.75) is 63.9 Å². The molecular weight excluding hydrogens is 446 g/mol. The van der Waals surface area contributed by atoms with Gasteiger partial charge in [0.2, 0.25) is 0 Å². The van der Waals surface area contributed by atoms with Gasteiger partial charge in [-0.1, -0.05) is 18.2 Å². The van der Waals surface area contributed by atoms with Gasteiger partial charge in [-0.15, -0.1) is 0 Å². The molecule has 1 fully saturated rings. The van der Waals surface area contributed by atoms with Crippen molar-refractivity contribution in [2.24, 2.45) is 5.92 Å². The number of aliphatic hydroxyl groups is 1. The first kappa shape index (κ1) is 23.9. The number of aryl methyl sites for hydroxylation is 1. The van der Waals surface area contributed by atoms with Crippen molar-refractivity contribution >= 4 is 16.9 Å². The Morgan fingerprint density at radius 3 is 2.80 bits per heavy atom. The number of hydrogen-bond donors (Lipinski definition) is 3. The summed E-state index contributed by atoms with van der Waals surface area (Å²) >= 11 is 0. The fourth-order valence-corrected chi connectivity index (χ4v) is 5.28. The van der Waals surface area contributed by atoms with Crippen LogP contribution in [0.4, 0.5) is 0 Å². The molecule has 0 bridgehead atoms. The van der Waals surface area contributed by atoms with E-state index in [1.165, 1.54) is 5.56 Å². The van der Waals surface area contributed by atoms with Gasteiger partial charge in [0.1, 0.15) is 23.4 Å². The third-order valence-electron chi connectivity index (χ3n) is 7.21. The lowest BCUT2D eigenvalue weighted by Crippen LogP contribution is -2.46. The third-order valence-corrected chi connectivity index (χ3v) is 7.21. The Hall–Kier alpha value is -2.87. The number of carbonyl (C=O) groups is 1. The predicted molar refractivity (Wildman–Crippen MR) is 132 cm³/mol. The first-order valence-electron chi connectivity index (χ1n) is 12.2. The number of benzene rings is 2. The normalized spacial score (nSPS) is 22.4. The summed E-state index contributed by atoms with van der Waals surface area (Å²) in [7, 11) is 0. The van der Waals surface area contributed by atoms with Crippen molar-refractivity contribution in [3.05, 3.63) is 64.9 Å². The molecule has 1 saturated carbocycles. The van der Waals surface area contributed by atoms with E-state index in [-0.39, 0.29) is 30.3 Å². The number of rotatable bonds is 10. The van der Waals surface area contributed by atoms with Crippen molar-refractivity contribution in [1.82, 2.24) is 5.32 Å². The summed E-state index contributed by atoms with van der Waals surface area (Å²) < 4.78 is 17.4. The van der Waals surface area contributed by atoms with Crippen LogP contribution in [-0.2, 0) is 16.0 Å². The van der Waals surface area contributed by atoms with Crippen LogP contribution in [0.5, 0.6) is 5.75 Å². The summed E-state index contributed by atoms with van der Waals surface area (Å²) in [5.74, 6) is -0.623. The minimum Gasteiger partial charge on any atom is -0.488 e. The molecule has 0 radical (unpaired) electrons. The van der Waals surface area contributed by atoms with Crippen LogP contribution >= 0.6 is 0 Å². The molecule has 2 aromatic carbocycles. The van der Waals surface area contributed by atoms with Gasteiger partial charge in [-0.25, -0.2) is 0 Å². The average molecular weight is 480 g/mol. The molecule has 0 amide bonds. The third kappa shape index (κ3) is 4.68. The summed E-state index contributed by atoms with van der Waals surface area (Å²) in [5.41, 5.74) is 4.76. The molecule has 5 rings (SSSR count). The van der Waals surface area contributed by atoms with Gasteiger partial charge < -0.3 is 29.4 Å². The van der Waals surface area contributed by atoms with E-state index in [1.807, 2.05) is 38.1 Å². The monoisotopic (exact) mass is 479 g/mol. The van der Waals surface area contributed by atoms with E-state index in [0.717, 1.165) is 39.8 Å². The highest BCUT2D eigenvalue weighted by molar-refractivity contribution is 5.80. The van der Waals surface area contributed by atoms with Crippen molar-refractivity contribution in [1.29, 1.82) is 0 Å². The molecule has 0 saturated heterocycles. The quantitative estimate of drug-likeness (QED) is 0.397. The van der Waals surface area contributed by atoms with E-state index in [0.29, 0.717) is 6.54 Å². The molecular formula is C28H33NO6. The zero-order chi connectivity index (χ0) is 24.9. The molecule has 186 valence electrons. The highest BCUT2D eigenvalue weighted by Crippen LogP contribution is 2.61. The molecule has 2 aliphatic rings. The van der Waals surface area contributed by atoms with Crippen molar-refractivity contribution in [3.8, 4) is 5.75 Å². The lowest BCUT2D eigenvalue weighted by Gasteiger charge is -2.28. The molecule has 7 heteroatoms. The first-order chi connectivity index (χ1) is 16.6. The molecule has 1 aliphatic heterocycles. The molecule has 3 aromatic rings. The Morgan fingerprint density at radius 2 is 2.03 bits per heavy atom. The van der Waals surface area contributed by atoms with Gasteiger partial charge in [-0.05, 0) is 69.0 Å². The van der Waals surface area contributed by atoms with Crippen LogP contribution in [0.2, 0.25) is 0 Å². The Morgan fingerprint density at radius 1 is 1.23 bits per heavy atom. The topological polar surface area (TPSA) is 101 Å². The minimum absolute atomic E-state index is 0.114. The summed E-state index contributed by atoms with van der Waals surface area (Å²) in [5, 5.41) is 24.6. The molecule has 0 unspecified atom stereocenters. The number of carboxylic acids is 1. The Bertz CT molecular complexity index is 1250. The van der Waals surface area contributed by atoms with Crippen LogP contribution in [-0.4, -0.2) is 47.1 Å². The van der Waals surface area contributed by atoms with Gasteiger partial charge >= 0.3 is 5.97 Å². The number of ether oxygens (including phenoxy) is 2. The number of hydrogen-bond acceptors (Lipinski definition) is 6. The maximum absolute atomic E-state index is 11.5. The number of aliphatic carboxylic acids is 1. The number of furan rings is 1. The van der Waals surface area contributed by atoms with Crippen LogP contribution in [0, 0.1) is 12.8 Å². The van der Waals surface area contributed by atoms with Gasteiger partial charge in [0, 0.05) is 29.0 Å². The van der Waals surface area contributed by atoms with E-state index >= 15 is 0 Å². The average Bonchev–Trinajstić information content (AvgIpc) is 3.12. The predicted octanol–water partition coefficient (Wildman–Crippen LogP) is 4.35. The van der Waals surface area contributed by atoms with Crippen LogP contribution in [0.25, 0.3) is 11.0 Å². The molecule has 35 heavy (non-hydrogen) atoms. The number of aliphatic hydroxyl groups excluding tert-OH is 1. The number of fused-ring (bicyclic) bond motifs is 4. The van der Waals surface area contributed by atoms with Gasteiger partial charge in [0.15, 0.2) is 0 Å². The fourth-order valence-electron chi connectivity index (χ4n) is 5.28. The smallest absolute Gasteiger partial charge is 0.311 e. The maximum atomic E-state index is 11.5. The van der Waals surface area contributed by atoms with Crippen LogP contribution in [0.15, 0.2) is 47.1 Å².